The van der Waals surface area contributed by atoms with Crippen LogP contribution in [0.4, 0.5) is 0 Å². The Morgan fingerprint density at radius 3 is 2.33 bits per heavy atom. The second kappa shape index (κ2) is 9.21. The van der Waals surface area contributed by atoms with Crippen LogP contribution in [0.2, 0.25) is 0 Å². The molecule has 2 aromatic carbocycles. The molecule has 2 aromatic rings. The molecule has 0 saturated carbocycles. The lowest BCUT2D eigenvalue weighted by Gasteiger charge is -2.24. The van der Waals surface area contributed by atoms with Crippen molar-refractivity contribution in [1.29, 1.82) is 0 Å². The Bertz CT molecular complexity index is 753. The van der Waals surface area contributed by atoms with Gasteiger partial charge in [-0.2, -0.15) is 0 Å². The van der Waals surface area contributed by atoms with Gasteiger partial charge in [-0.25, -0.2) is 0 Å². The van der Waals surface area contributed by atoms with Crippen molar-refractivity contribution >= 4 is 11.8 Å². The lowest BCUT2D eigenvalue weighted by molar-refractivity contribution is -0.135. The van der Waals surface area contributed by atoms with Gasteiger partial charge < -0.3 is 15.0 Å². The number of amides is 2. The van der Waals surface area contributed by atoms with Crippen molar-refractivity contribution in [3.63, 3.8) is 0 Å². The minimum Gasteiger partial charge on any atom is -0.497 e. The van der Waals surface area contributed by atoms with Gasteiger partial charge in [-0.1, -0.05) is 42.5 Å². The van der Waals surface area contributed by atoms with Crippen LogP contribution in [-0.2, 0) is 16.0 Å². The summed E-state index contributed by atoms with van der Waals surface area (Å²) in [7, 11) is 1.63. The SMILES string of the molecule is COc1ccc(CCC(=O)N[C@H](C(=O)N2CCCC2)c2ccccc2)cc1. The van der Waals surface area contributed by atoms with Crippen LogP contribution in [0.3, 0.4) is 0 Å². The van der Waals surface area contributed by atoms with Crippen LogP contribution in [0.1, 0.15) is 36.4 Å². The van der Waals surface area contributed by atoms with Crippen LogP contribution in [-0.4, -0.2) is 36.9 Å². The van der Waals surface area contributed by atoms with Gasteiger partial charge in [0.05, 0.1) is 7.11 Å². The topological polar surface area (TPSA) is 58.6 Å². The summed E-state index contributed by atoms with van der Waals surface area (Å²) in [6.45, 7) is 1.54. The second-order valence-electron chi connectivity index (χ2n) is 6.79. The van der Waals surface area contributed by atoms with Crippen LogP contribution in [0.25, 0.3) is 0 Å². The predicted molar refractivity (Wildman–Crippen MR) is 104 cm³/mol. The summed E-state index contributed by atoms with van der Waals surface area (Å²) in [6, 6.07) is 16.5. The fourth-order valence-electron chi connectivity index (χ4n) is 3.34. The van der Waals surface area contributed by atoms with E-state index in [1.54, 1.807) is 7.11 Å². The number of carbonyl (C=O) groups is 2. The van der Waals surface area contributed by atoms with Gasteiger partial charge in [-0.05, 0) is 42.5 Å². The zero-order chi connectivity index (χ0) is 19.1. The number of benzene rings is 2. The fourth-order valence-corrected chi connectivity index (χ4v) is 3.34. The Balaban J connectivity index is 1.63. The summed E-state index contributed by atoms with van der Waals surface area (Å²) in [6.07, 6.45) is 3.01. The molecule has 1 fully saturated rings. The number of aryl methyl sites for hydroxylation is 1. The van der Waals surface area contributed by atoms with Gasteiger partial charge in [-0.3, -0.25) is 9.59 Å². The van der Waals surface area contributed by atoms with Gasteiger partial charge in [0.2, 0.25) is 11.8 Å². The number of likely N-dealkylation sites (tertiary alicyclic amines) is 1. The Hall–Kier alpha value is -2.82. The van der Waals surface area contributed by atoms with Crippen molar-refractivity contribution in [1.82, 2.24) is 10.2 Å². The first kappa shape index (κ1) is 19.0. The largest absolute Gasteiger partial charge is 0.497 e. The summed E-state index contributed by atoms with van der Waals surface area (Å²) >= 11 is 0. The molecule has 1 aliphatic heterocycles. The predicted octanol–water partition coefficient (Wildman–Crippen LogP) is 3.11. The molecule has 1 aliphatic rings. The molecule has 0 aliphatic carbocycles. The van der Waals surface area contributed by atoms with Gasteiger partial charge in [0.1, 0.15) is 11.8 Å². The molecular weight excluding hydrogens is 340 g/mol. The Labute approximate surface area is 160 Å². The molecule has 3 rings (SSSR count). The highest BCUT2D eigenvalue weighted by Crippen LogP contribution is 2.20. The standard InChI is InChI=1S/C22H26N2O3/c1-27-19-12-9-17(10-13-19)11-14-20(25)23-21(18-7-3-2-4-8-18)22(26)24-15-5-6-16-24/h2-4,7-10,12-13,21H,5-6,11,14-16H2,1H3,(H,23,25)/t21-/m0/s1. The van der Waals surface area contributed by atoms with E-state index in [0.717, 1.165) is 42.8 Å². The Morgan fingerprint density at radius 1 is 1.04 bits per heavy atom. The first-order valence-corrected chi connectivity index (χ1v) is 9.43. The molecule has 1 heterocycles. The molecule has 2 amide bonds. The Morgan fingerprint density at radius 2 is 1.70 bits per heavy atom. The third-order valence-corrected chi connectivity index (χ3v) is 4.90. The molecule has 1 N–H and O–H groups in total. The average molecular weight is 366 g/mol. The third-order valence-electron chi connectivity index (χ3n) is 4.90. The second-order valence-corrected chi connectivity index (χ2v) is 6.79. The van der Waals surface area contributed by atoms with Gasteiger partial charge >= 0.3 is 0 Å². The molecule has 27 heavy (non-hydrogen) atoms. The molecule has 142 valence electrons. The molecule has 0 spiro atoms. The number of ether oxygens (including phenoxy) is 1. The summed E-state index contributed by atoms with van der Waals surface area (Å²) in [5.74, 6) is 0.660. The van der Waals surface area contributed by atoms with E-state index in [4.69, 9.17) is 4.74 Å². The van der Waals surface area contributed by atoms with Crippen LogP contribution in [0.15, 0.2) is 54.6 Å². The average Bonchev–Trinajstić information content (AvgIpc) is 3.26. The molecule has 0 aromatic heterocycles. The lowest BCUT2D eigenvalue weighted by Crippen LogP contribution is -2.41. The van der Waals surface area contributed by atoms with Crippen molar-refractivity contribution in [2.75, 3.05) is 20.2 Å². The highest BCUT2D eigenvalue weighted by atomic mass is 16.5. The van der Waals surface area contributed by atoms with E-state index in [2.05, 4.69) is 5.32 Å². The molecule has 0 unspecified atom stereocenters. The first-order chi connectivity index (χ1) is 13.2. The minimum absolute atomic E-state index is 0.0171. The van der Waals surface area contributed by atoms with E-state index in [-0.39, 0.29) is 11.8 Å². The zero-order valence-corrected chi connectivity index (χ0v) is 15.7. The van der Waals surface area contributed by atoms with Crippen LogP contribution < -0.4 is 10.1 Å². The van der Waals surface area contributed by atoms with E-state index in [9.17, 15) is 9.59 Å². The molecule has 5 nitrogen and oxygen atoms in total. The number of nitrogens with zero attached hydrogens (tertiary/aromatic N) is 1. The number of hydrogen-bond acceptors (Lipinski definition) is 3. The van der Waals surface area contributed by atoms with E-state index >= 15 is 0 Å². The molecule has 1 saturated heterocycles. The maximum Gasteiger partial charge on any atom is 0.249 e. The lowest BCUT2D eigenvalue weighted by atomic mass is 10.0. The monoisotopic (exact) mass is 366 g/mol. The summed E-state index contributed by atoms with van der Waals surface area (Å²) in [4.78, 5) is 27.3. The van der Waals surface area contributed by atoms with Gasteiger partial charge in [-0.15, -0.1) is 0 Å². The maximum atomic E-state index is 12.9. The van der Waals surface area contributed by atoms with Gasteiger partial charge in [0.25, 0.3) is 0 Å². The highest BCUT2D eigenvalue weighted by Gasteiger charge is 2.28. The zero-order valence-electron chi connectivity index (χ0n) is 15.7. The molecule has 1 atom stereocenters. The number of hydrogen-bond donors (Lipinski definition) is 1. The van der Waals surface area contributed by atoms with Crippen molar-refractivity contribution in [2.24, 2.45) is 0 Å². The summed E-state index contributed by atoms with van der Waals surface area (Å²) in [5, 5.41) is 2.95. The van der Waals surface area contributed by atoms with E-state index < -0.39 is 6.04 Å². The van der Waals surface area contributed by atoms with Crippen LogP contribution in [0.5, 0.6) is 5.75 Å². The molecule has 0 bridgehead atoms. The van der Waals surface area contributed by atoms with Gasteiger partial charge in [0.15, 0.2) is 0 Å². The number of nitrogens with one attached hydrogen (secondary N) is 1. The number of methoxy groups -OCH3 is 1. The minimum atomic E-state index is -0.618. The Kier molecular flexibility index (Phi) is 6.47. The first-order valence-electron chi connectivity index (χ1n) is 9.43. The summed E-state index contributed by atoms with van der Waals surface area (Å²) in [5.41, 5.74) is 1.89. The molecule has 0 radical (unpaired) electrons. The smallest absolute Gasteiger partial charge is 0.249 e. The molecular formula is C22H26N2O3. The van der Waals surface area contributed by atoms with Crippen LogP contribution in [0, 0.1) is 0 Å². The van der Waals surface area contributed by atoms with Crippen LogP contribution >= 0.6 is 0 Å². The quantitative estimate of drug-likeness (QED) is 0.819. The van der Waals surface area contributed by atoms with Crippen molar-refractivity contribution in [3.05, 3.63) is 65.7 Å². The summed E-state index contributed by atoms with van der Waals surface area (Å²) < 4.78 is 5.15. The van der Waals surface area contributed by atoms with Gasteiger partial charge in [0, 0.05) is 19.5 Å². The number of carbonyl (C=O) groups excluding carboxylic acids is 2. The molecule has 5 heteroatoms. The fraction of sp³-hybridized carbons (Fsp3) is 0.364. The van der Waals surface area contributed by atoms with E-state index in [0.29, 0.717) is 12.8 Å². The van der Waals surface area contributed by atoms with E-state index in [1.165, 1.54) is 0 Å². The number of rotatable bonds is 7. The van der Waals surface area contributed by atoms with Crippen molar-refractivity contribution in [3.8, 4) is 5.75 Å². The van der Waals surface area contributed by atoms with Crippen molar-refractivity contribution < 1.29 is 14.3 Å². The maximum absolute atomic E-state index is 12.9. The third kappa shape index (κ3) is 5.09. The van der Waals surface area contributed by atoms with E-state index in [1.807, 2.05) is 59.5 Å². The van der Waals surface area contributed by atoms with Crippen molar-refractivity contribution in [2.45, 2.75) is 31.7 Å². The normalized spacial score (nSPS) is 14.6. The highest BCUT2D eigenvalue weighted by molar-refractivity contribution is 5.89.